The molecule has 1 aliphatic rings. The van der Waals surface area contributed by atoms with Crippen molar-refractivity contribution < 1.29 is 9.59 Å². The van der Waals surface area contributed by atoms with Gasteiger partial charge >= 0.3 is 0 Å². The summed E-state index contributed by atoms with van der Waals surface area (Å²) in [5, 5.41) is 8.73. The molecule has 0 aromatic rings. The normalized spacial score (nSPS) is 17.0. The molecule has 19 heavy (non-hydrogen) atoms. The molecule has 5 nitrogen and oxygen atoms in total. The topological polar surface area (TPSA) is 70.2 Å². The van der Waals surface area contributed by atoms with Crippen molar-refractivity contribution in [3.8, 4) is 0 Å². The minimum Gasteiger partial charge on any atom is -0.359 e. The van der Waals surface area contributed by atoms with Crippen molar-refractivity contribution in [1.82, 2.24) is 16.0 Å². The number of amides is 2. The second kappa shape index (κ2) is 7.48. The van der Waals surface area contributed by atoms with Gasteiger partial charge in [-0.3, -0.25) is 9.59 Å². The lowest BCUT2D eigenvalue weighted by molar-refractivity contribution is -0.129. The molecule has 0 atom stereocenters. The molecular weight excluding hydrogens is 242 g/mol. The smallest absolute Gasteiger partial charge is 0.234 e. The molecule has 1 aliphatic carbocycles. The minimum absolute atomic E-state index is 0.0207. The Labute approximate surface area is 115 Å². The molecule has 0 bridgehead atoms. The van der Waals surface area contributed by atoms with Crippen LogP contribution >= 0.6 is 0 Å². The minimum atomic E-state index is -0.500. The molecule has 1 saturated carbocycles. The zero-order valence-corrected chi connectivity index (χ0v) is 12.3. The Morgan fingerprint density at radius 3 is 2.37 bits per heavy atom. The van der Waals surface area contributed by atoms with E-state index < -0.39 is 5.41 Å². The zero-order chi connectivity index (χ0) is 14.3. The van der Waals surface area contributed by atoms with Crippen LogP contribution in [0.1, 0.15) is 46.0 Å². The van der Waals surface area contributed by atoms with Gasteiger partial charge in [0.2, 0.25) is 11.8 Å². The SMILES string of the molecule is CNC(=O)C(C)(C)CNCC(=O)NC1CCCCC1. The van der Waals surface area contributed by atoms with Crippen LogP contribution in [0.4, 0.5) is 0 Å². The zero-order valence-electron chi connectivity index (χ0n) is 12.3. The van der Waals surface area contributed by atoms with E-state index in [1.165, 1.54) is 19.3 Å². The summed E-state index contributed by atoms with van der Waals surface area (Å²) >= 11 is 0. The lowest BCUT2D eigenvalue weighted by Crippen LogP contribution is -2.46. The largest absolute Gasteiger partial charge is 0.359 e. The monoisotopic (exact) mass is 269 g/mol. The number of hydrogen-bond donors (Lipinski definition) is 3. The van der Waals surface area contributed by atoms with E-state index >= 15 is 0 Å². The van der Waals surface area contributed by atoms with Crippen LogP contribution in [0.5, 0.6) is 0 Å². The summed E-state index contributed by atoms with van der Waals surface area (Å²) in [4.78, 5) is 23.3. The van der Waals surface area contributed by atoms with Crippen LogP contribution in [-0.2, 0) is 9.59 Å². The summed E-state index contributed by atoms with van der Waals surface area (Å²) in [5.74, 6) is 0.00675. The molecule has 0 aliphatic heterocycles. The standard InChI is InChI=1S/C14H27N3O2/c1-14(2,13(19)15-3)10-16-9-12(18)17-11-7-5-4-6-8-11/h11,16H,4-10H2,1-3H3,(H,15,19)(H,17,18). The van der Waals surface area contributed by atoms with E-state index in [1.54, 1.807) is 7.05 Å². The van der Waals surface area contributed by atoms with E-state index in [4.69, 9.17) is 0 Å². The van der Waals surface area contributed by atoms with Crippen LogP contribution in [0.2, 0.25) is 0 Å². The third-order valence-corrected chi connectivity index (χ3v) is 3.66. The fourth-order valence-corrected chi connectivity index (χ4v) is 2.43. The van der Waals surface area contributed by atoms with Crippen LogP contribution in [0.25, 0.3) is 0 Å². The van der Waals surface area contributed by atoms with E-state index in [-0.39, 0.29) is 18.4 Å². The molecule has 110 valence electrons. The van der Waals surface area contributed by atoms with Crippen molar-refractivity contribution in [3.63, 3.8) is 0 Å². The molecule has 0 unspecified atom stereocenters. The molecule has 1 rings (SSSR count). The molecule has 0 saturated heterocycles. The first-order chi connectivity index (χ1) is 8.95. The van der Waals surface area contributed by atoms with Crippen LogP contribution in [0.15, 0.2) is 0 Å². The maximum absolute atomic E-state index is 11.8. The molecule has 2 amide bonds. The molecule has 3 N–H and O–H groups in total. The van der Waals surface area contributed by atoms with E-state index in [1.807, 2.05) is 13.8 Å². The Bertz CT molecular complexity index is 310. The first-order valence-corrected chi connectivity index (χ1v) is 7.18. The van der Waals surface area contributed by atoms with Gasteiger partial charge in [0.1, 0.15) is 0 Å². The lowest BCUT2D eigenvalue weighted by atomic mass is 9.92. The number of carbonyl (C=O) groups is 2. The predicted octanol–water partition coefficient (Wildman–Crippen LogP) is 0.797. The van der Waals surface area contributed by atoms with Gasteiger partial charge in [-0.1, -0.05) is 19.3 Å². The molecular formula is C14H27N3O2. The van der Waals surface area contributed by atoms with Gasteiger partial charge < -0.3 is 16.0 Å². The van der Waals surface area contributed by atoms with Crippen molar-refractivity contribution in [3.05, 3.63) is 0 Å². The summed E-state index contributed by atoms with van der Waals surface area (Å²) in [5.41, 5.74) is -0.500. The van der Waals surface area contributed by atoms with Gasteiger partial charge in [-0.25, -0.2) is 0 Å². The summed E-state index contributed by atoms with van der Waals surface area (Å²) in [6.45, 7) is 4.48. The summed E-state index contributed by atoms with van der Waals surface area (Å²) in [6.07, 6.45) is 5.89. The first-order valence-electron chi connectivity index (χ1n) is 7.18. The lowest BCUT2D eigenvalue weighted by Gasteiger charge is -2.24. The van der Waals surface area contributed by atoms with Crippen molar-refractivity contribution >= 4 is 11.8 Å². The Morgan fingerprint density at radius 2 is 1.79 bits per heavy atom. The van der Waals surface area contributed by atoms with E-state index in [0.717, 1.165) is 12.8 Å². The van der Waals surface area contributed by atoms with Crippen molar-refractivity contribution in [1.29, 1.82) is 0 Å². The highest BCUT2D eigenvalue weighted by Crippen LogP contribution is 2.17. The van der Waals surface area contributed by atoms with Gasteiger partial charge in [0, 0.05) is 19.6 Å². The predicted molar refractivity (Wildman–Crippen MR) is 75.7 cm³/mol. The molecule has 0 spiro atoms. The number of carbonyl (C=O) groups excluding carboxylic acids is 2. The number of rotatable bonds is 6. The van der Waals surface area contributed by atoms with Crippen LogP contribution in [0.3, 0.4) is 0 Å². The molecule has 0 radical (unpaired) electrons. The van der Waals surface area contributed by atoms with E-state index in [2.05, 4.69) is 16.0 Å². The van der Waals surface area contributed by atoms with Crippen molar-refractivity contribution in [2.75, 3.05) is 20.1 Å². The molecule has 0 heterocycles. The van der Waals surface area contributed by atoms with Crippen LogP contribution in [-0.4, -0.2) is 38.0 Å². The fourth-order valence-electron chi connectivity index (χ4n) is 2.43. The summed E-state index contributed by atoms with van der Waals surface area (Å²) < 4.78 is 0. The van der Waals surface area contributed by atoms with Crippen molar-refractivity contribution in [2.24, 2.45) is 5.41 Å². The van der Waals surface area contributed by atoms with Crippen molar-refractivity contribution in [2.45, 2.75) is 52.0 Å². The van der Waals surface area contributed by atoms with Gasteiger partial charge in [0.05, 0.1) is 12.0 Å². The average molecular weight is 269 g/mol. The molecule has 5 heteroatoms. The quantitative estimate of drug-likeness (QED) is 0.668. The highest BCUT2D eigenvalue weighted by atomic mass is 16.2. The average Bonchev–Trinajstić information content (AvgIpc) is 2.38. The Morgan fingerprint density at radius 1 is 1.16 bits per heavy atom. The van der Waals surface area contributed by atoms with Crippen LogP contribution in [0, 0.1) is 5.41 Å². The van der Waals surface area contributed by atoms with E-state index in [9.17, 15) is 9.59 Å². The molecule has 0 aromatic carbocycles. The third-order valence-electron chi connectivity index (χ3n) is 3.66. The van der Waals surface area contributed by atoms with Gasteiger partial charge in [0.15, 0.2) is 0 Å². The second-order valence-electron chi connectivity index (χ2n) is 5.97. The third kappa shape index (κ3) is 5.59. The maximum Gasteiger partial charge on any atom is 0.234 e. The van der Waals surface area contributed by atoms with E-state index in [0.29, 0.717) is 12.6 Å². The molecule has 1 fully saturated rings. The Kier molecular flexibility index (Phi) is 6.28. The number of nitrogens with one attached hydrogen (secondary N) is 3. The summed E-state index contributed by atoms with van der Waals surface area (Å²) in [6, 6.07) is 0.343. The van der Waals surface area contributed by atoms with Gasteiger partial charge in [-0.2, -0.15) is 0 Å². The Hall–Kier alpha value is -1.10. The maximum atomic E-state index is 11.8. The van der Waals surface area contributed by atoms with Gasteiger partial charge in [0.25, 0.3) is 0 Å². The van der Waals surface area contributed by atoms with Gasteiger partial charge in [-0.05, 0) is 26.7 Å². The van der Waals surface area contributed by atoms with Crippen LogP contribution < -0.4 is 16.0 Å². The summed E-state index contributed by atoms with van der Waals surface area (Å²) in [7, 11) is 1.62. The highest BCUT2D eigenvalue weighted by Gasteiger charge is 2.26. The number of hydrogen-bond acceptors (Lipinski definition) is 3. The molecule has 0 aromatic heterocycles. The first kappa shape index (κ1) is 16.0. The van der Waals surface area contributed by atoms with Gasteiger partial charge in [-0.15, -0.1) is 0 Å². The Balaban J connectivity index is 2.21. The second-order valence-corrected chi connectivity index (χ2v) is 5.97. The highest BCUT2D eigenvalue weighted by molar-refractivity contribution is 5.82. The fraction of sp³-hybridized carbons (Fsp3) is 0.857.